The number of rotatable bonds is 5. The average Bonchev–Trinajstić information content (AvgIpc) is 3.33. The number of nitrogens with zero attached hydrogens (tertiary/aromatic N) is 1. The third-order valence-electron chi connectivity index (χ3n) is 9.70. The van der Waals surface area contributed by atoms with Crippen molar-refractivity contribution in [3.05, 3.63) is 65.7 Å². The predicted octanol–water partition coefficient (Wildman–Crippen LogP) is 7.68. The van der Waals surface area contributed by atoms with Crippen LogP contribution in [0.2, 0.25) is 0 Å². The van der Waals surface area contributed by atoms with Gasteiger partial charge in [0.25, 0.3) is 0 Å². The van der Waals surface area contributed by atoms with Crippen LogP contribution in [0.5, 0.6) is 0 Å². The van der Waals surface area contributed by atoms with E-state index in [2.05, 4.69) is 77.9 Å². The summed E-state index contributed by atoms with van der Waals surface area (Å²) in [6.07, 6.45) is 5.78. The summed E-state index contributed by atoms with van der Waals surface area (Å²) >= 11 is 0. The Morgan fingerprint density at radius 1 is 0.838 bits per heavy atom. The van der Waals surface area contributed by atoms with E-state index in [1.54, 1.807) is 0 Å². The van der Waals surface area contributed by atoms with Gasteiger partial charge in [0.15, 0.2) is 0 Å². The van der Waals surface area contributed by atoms with E-state index >= 15 is 0 Å². The summed E-state index contributed by atoms with van der Waals surface area (Å²) in [5.41, 5.74) is 5.63. The van der Waals surface area contributed by atoms with E-state index in [-0.39, 0.29) is 49.1 Å². The zero-order chi connectivity index (χ0) is 26.1. The molecule has 1 aromatic heterocycles. The molecule has 1 heterocycles. The van der Waals surface area contributed by atoms with Crippen LogP contribution in [0.3, 0.4) is 0 Å². The molecule has 0 amide bonds. The molecule has 2 aromatic carbocycles. The minimum atomic E-state index is -0.299. The standard InChI is InChI=1S/C17H14N.C16H30O2.Ir/c1-12-9-13(2)11-15(10-12)17-8-7-14-5-3-4-6-16(14)18-17;1-5-15(6-2)9-11-10-16(7-3,8-4)14(18)12(11)13(15)17;/h3-10H,1-2H3;11-14,17-18H,5-10H2,1-4H3;/q-1;;. The van der Waals surface area contributed by atoms with Crippen molar-refractivity contribution < 1.29 is 30.3 Å². The van der Waals surface area contributed by atoms with E-state index in [1.807, 2.05) is 18.2 Å². The Bertz CT molecular complexity index is 1140. The van der Waals surface area contributed by atoms with Crippen molar-refractivity contribution in [3.8, 4) is 11.3 Å². The third-order valence-corrected chi connectivity index (χ3v) is 9.70. The molecular weight excluding hydrogens is 635 g/mol. The first-order valence-electron chi connectivity index (χ1n) is 13.9. The van der Waals surface area contributed by atoms with Crippen molar-refractivity contribution in [2.45, 2.75) is 92.3 Å². The summed E-state index contributed by atoms with van der Waals surface area (Å²) in [7, 11) is 0. The molecule has 2 fully saturated rings. The van der Waals surface area contributed by atoms with Crippen LogP contribution in [-0.4, -0.2) is 27.4 Å². The van der Waals surface area contributed by atoms with Crippen LogP contribution in [0.25, 0.3) is 22.2 Å². The van der Waals surface area contributed by atoms with Crippen molar-refractivity contribution in [1.29, 1.82) is 0 Å². The number of fused-ring (bicyclic) bond motifs is 2. The minimum Gasteiger partial charge on any atom is -0.392 e. The fourth-order valence-corrected chi connectivity index (χ4v) is 7.30. The maximum Gasteiger partial charge on any atom is 0.0651 e. The molecule has 3 nitrogen and oxygen atoms in total. The maximum atomic E-state index is 10.7. The van der Waals surface area contributed by atoms with Gasteiger partial charge in [-0.25, -0.2) is 0 Å². The molecule has 0 spiro atoms. The summed E-state index contributed by atoms with van der Waals surface area (Å²) in [6.45, 7) is 12.9. The molecule has 2 atom stereocenters. The second-order valence-electron chi connectivity index (χ2n) is 11.4. The SMILES string of the molecule is CCC1(CC)CC2CC(CC)(CC)C(O)C2C1O.Cc1[c-]c(-c2ccc3ccccc3n2)cc(C)c1.[Ir]. The van der Waals surface area contributed by atoms with E-state index in [1.165, 1.54) is 10.9 Å². The van der Waals surface area contributed by atoms with E-state index < -0.39 is 0 Å². The normalized spacial score (nSPS) is 25.2. The number of pyridine rings is 1. The Balaban J connectivity index is 0.000000200. The van der Waals surface area contributed by atoms with Gasteiger partial charge in [-0.2, -0.15) is 0 Å². The van der Waals surface area contributed by atoms with Crippen molar-refractivity contribution in [2.24, 2.45) is 22.7 Å². The van der Waals surface area contributed by atoms with Gasteiger partial charge in [-0.3, -0.25) is 4.98 Å². The number of hydrogen-bond donors (Lipinski definition) is 2. The van der Waals surface area contributed by atoms with E-state index in [4.69, 9.17) is 4.98 Å². The molecule has 4 heteroatoms. The van der Waals surface area contributed by atoms with Crippen LogP contribution in [0, 0.1) is 42.6 Å². The van der Waals surface area contributed by atoms with Crippen molar-refractivity contribution in [1.82, 2.24) is 4.98 Å². The van der Waals surface area contributed by atoms with Gasteiger partial charge in [-0.1, -0.05) is 71.9 Å². The number of hydrogen-bond acceptors (Lipinski definition) is 3. The molecule has 0 aliphatic heterocycles. The fourth-order valence-electron chi connectivity index (χ4n) is 7.30. The predicted molar refractivity (Wildman–Crippen MR) is 150 cm³/mol. The number of aliphatic hydroxyl groups excluding tert-OH is 2. The molecule has 3 aromatic rings. The van der Waals surface area contributed by atoms with Gasteiger partial charge in [0.05, 0.1) is 17.7 Å². The first-order chi connectivity index (χ1) is 17.2. The summed E-state index contributed by atoms with van der Waals surface area (Å²) < 4.78 is 0. The largest absolute Gasteiger partial charge is 0.392 e. The van der Waals surface area contributed by atoms with E-state index in [0.717, 1.165) is 60.9 Å². The molecule has 37 heavy (non-hydrogen) atoms. The zero-order valence-electron chi connectivity index (χ0n) is 23.3. The molecule has 2 N–H and O–H groups in total. The van der Waals surface area contributed by atoms with E-state index in [9.17, 15) is 10.2 Å². The minimum absolute atomic E-state index is 0. The second-order valence-corrected chi connectivity index (χ2v) is 11.4. The summed E-state index contributed by atoms with van der Waals surface area (Å²) in [5.74, 6) is 0.666. The van der Waals surface area contributed by atoms with E-state index in [0.29, 0.717) is 5.92 Å². The number of aliphatic hydroxyl groups is 2. The van der Waals surface area contributed by atoms with Crippen LogP contribution in [-0.2, 0) is 20.1 Å². The molecule has 2 unspecified atom stereocenters. The van der Waals surface area contributed by atoms with Crippen molar-refractivity contribution in [2.75, 3.05) is 0 Å². The quantitative estimate of drug-likeness (QED) is 0.273. The average molecular weight is 679 g/mol. The smallest absolute Gasteiger partial charge is 0.0651 e. The topological polar surface area (TPSA) is 53.4 Å². The first kappa shape index (κ1) is 30.0. The zero-order valence-corrected chi connectivity index (χ0v) is 25.7. The van der Waals surface area contributed by atoms with Crippen LogP contribution >= 0.6 is 0 Å². The third kappa shape index (κ3) is 5.59. The Kier molecular flexibility index (Phi) is 9.78. The van der Waals surface area contributed by atoms with Crippen molar-refractivity contribution in [3.63, 3.8) is 0 Å². The van der Waals surface area contributed by atoms with Crippen LogP contribution in [0.1, 0.15) is 77.3 Å². The molecular formula is C33H44IrNO2-. The van der Waals surface area contributed by atoms with Gasteiger partial charge in [-0.05, 0) is 72.4 Å². The van der Waals surface area contributed by atoms with Crippen LogP contribution in [0.15, 0.2) is 48.5 Å². The maximum absolute atomic E-state index is 10.7. The molecule has 0 bridgehead atoms. The Hall–Kier alpha value is -1.58. The molecule has 2 aliphatic carbocycles. The number of para-hydroxylation sites is 1. The van der Waals surface area contributed by atoms with Gasteiger partial charge < -0.3 is 10.2 Å². The summed E-state index contributed by atoms with van der Waals surface area (Å²) in [4.78, 5) is 4.70. The Morgan fingerprint density at radius 3 is 1.92 bits per heavy atom. The van der Waals surface area contributed by atoms with Crippen LogP contribution < -0.4 is 0 Å². The number of aromatic nitrogens is 1. The monoisotopic (exact) mass is 679 g/mol. The molecule has 2 aliphatic rings. The van der Waals surface area contributed by atoms with Gasteiger partial charge >= 0.3 is 0 Å². The molecule has 2 saturated carbocycles. The number of benzene rings is 2. The molecule has 1 radical (unpaired) electrons. The molecule has 5 rings (SSSR count). The van der Waals surface area contributed by atoms with Gasteiger partial charge in [0.1, 0.15) is 0 Å². The van der Waals surface area contributed by atoms with Gasteiger partial charge in [0, 0.05) is 26.0 Å². The molecule has 0 saturated heterocycles. The number of aryl methyl sites for hydroxylation is 2. The summed E-state index contributed by atoms with van der Waals surface area (Å²) in [6, 6.07) is 20.0. The fraction of sp³-hybridized carbons (Fsp3) is 0.545. The second kappa shape index (κ2) is 12.1. The first-order valence-corrected chi connectivity index (χ1v) is 13.9. The van der Waals surface area contributed by atoms with Gasteiger partial charge in [0.2, 0.25) is 0 Å². The Labute approximate surface area is 237 Å². The summed E-state index contributed by atoms with van der Waals surface area (Å²) in [5, 5.41) is 22.7. The Morgan fingerprint density at radius 2 is 1.41 bits per heavy atom. The van der Waals surface area contributed by atoms with Crippen molar-refractivity contribution >= 4 is 10.9 Å². The molecule has 203 valence electrons. The van der Waals surface area contributed by atoms with Crippen LogP contribution in [0.4, 0.5) is 0 Å². The van der Waals surface area contributed by atoms with Gasteiger partial charge in [-0.15, -0.1) is 34.9 Å².